The summed E-state index contributed by atoms with van der Waals surface area (Å²) in [5, 5.41) is 7.80. The summed E-state index contributed by atoms with van der Waals surface area (Å²) in [5.41, 5.74) is -1.40. The van der Waals surface area contributed by atoms with Crippen molar-refractivity contribution in [2.45, 2.75) is 24.8 Å². The molecule has 130 valence electrons. The highest BCUT2D eigenvalue weighted by Crippen LogP contribution is 2.29. The first-order valence-electron chi connectivity index (χ1n) is 6.55. The quantitative estimate of drug-likeness (QED) is 0.654. The Labute approximate surface area is 134 Å². The number of aromatic nitrogens is 2. The van der Waals surface area contributed by atoms with Crippen molar-refractivity contribution in [2.75, 3.05) is 5.75 Å². The van der Waals surface area contributed by atoms with Crippen LogP contribution in [0.2, 0.25) is 0 Å². The number of imidazole rings is 1. The Morgan fingerprint density at radius 2 is 2.00 bits per heavy atom. The number of esters is 1. The van der Waals surface area contributed by atoms with Gasteiger partial charge in [-0.15, -0.1) is 0 Å². The molecule has 0 atom stereocenters. The van der Waals surface area contributed by atoms with E-state index >= 15 is 0 Å². The number of sulfone groups is 1. The summed E-state index contributed by atoms with van der Waals surface area (Å²) in [6, 6.07) is 2.12. The molecular weight excluding hydrogens is 350 g/mol. The molecule has 0 saturated carbocycles. The third-order valence-electron chi connectivity index (χ3n) is 3.13. The fraction of sp³-hybridized carbons (Fsp3) is 0.308. The van der Waals surface area contributed by atoms with Crippen LogP contribution in [0.25, 0.3) is 5.65 Å². The lowest BCUT2D eigenvalue weighted by Gasteiger charge is -2.11. The van der Waals surface area contributed by atoms with E-state index < -0.39 is 49.9 Å². The van der Waals surface area contributed by atoms with Gasteiger partial charge in [0, 0.05) is 18.7 Å². The number of halogens is 2. The fourth-order valence-corrected chi connectivity index (χ4v) is 3.12. The third-order valence-corrected chi connectivity index (χ3v) is 4.87. The van der Waals surface area contributed by atoms with Crippen LogP contribution in [0.3, 0.4) is 0 Å². The smallest absolute Gasteiger partial charge is 0.449 e. The molecule has 0 aromatic carbocycles. The monoisotopic (exact) mass is 362 g/mol. The molecule has 0 bridgehead atoms. The van der Waals surface area contributed by atoms with E-state index in [9.17, 15) is 26.8 Å². The minimum Gasteiger partial charge on any atom is -0.449 e. The number of fused-ring (bicyclic) bond motifs is 1. The molecule has 2 heterocycles. The van der Waals surface area contributed by atoms with Gasteiger partial charge in [0.25, 0.3) is 5.92 Å². The van der Waals surface area contributed by atoms with E-state index in [2.05, 4.69) is 9.72 Å². The number of hydrogen-bond donors (Lipinski definition) is 1. The van der Waals surface area contributed by atoms with E-state index in [0.29, 0.717) is 6.92 Å². The van der Waals surface area contributed by atoms with Gasteiger partial charge in [-0.1, -0.05) is 6.92 Å². The fourth-order valence-electron chi connectivity index (χ4n) is 1.98. The first kappa shape index (κ1) is 17.8. The molecule has 0 aliphatic rings. The van der Waals surface area contributed by atoms with Crippen LogP contribution in [-0.4, -0.2) is 40.8 Å². The minimum atomic E-state index is -4.09. The number of rotatable bonds is 4. The molecule has 0 fully saturated rings. The predicted molar refractivity (Wildman–Crippen MR) is 75.9 cm³/mol. The maximum Gasteiger partial charge on any atom is 0.513 e. The van der Waals surface area contributed by atoms with E-state index in [1.807, 2.05) is 0 Å². The van der Waals surface area contributed by atoms with Crippen molar-refractivity contribution in [3.63, 3.8) is 0 Å². The van der Waals surface area contributed by atoms with Crippen molar-refractivity contribution in [3.8, 4) is 0 Å². The second-order valence-corrected chi connectivity index (χ2v) is 7.05. The number of pyridine rings is 1. The van der Waals surface area contributed by atoms with Gasteiger partial charge in [-0.05, 0) is 12.1 Å². The van der Waals surface area contributed by atoms with Gasteiger partial charge in [0.05, 0.1) is 5.75 Å². The topological polar surface area (TPSA) is 115 Å². The third kappa shape index (κ3) is 3.20. The molecule has 0 saturated heterocycles. The second kappa shape index (κ2) is 5.82. The molecule has 2 aromatic heterocycles. The second-order valence-electron chi connectivity index (χ2n) is 4.86. The summed E-state index contributed by atoms with van der Waals surface area (Å²) in [4.78, 5) is 26.0. The maximum absolute atomic E-state index is 13.5. The van der Waals surface area contributed by atoms with E-state index in [4.69, 9.17) is 5.11 Å². The zero-order valence-electron chi connectivity index (χ0n) is 12.5. The Morgan fingerprint density at radius 1 is 1.38 bits per heavy atom. The molecule has 11 heteroatoms. The zero-order valence-corrected chi connectivity index (χ0v) is 13.3. The SMILES string of the molecule is CCS(=O)(=O)c1c(C(=O)OC(=O)O)nc2ccc(C(C)(F)F)cn12. The van der Waals surface area contributed by atoms with Crippen molar-refractivity contribution in [1.82, 2.24) is 9.38 Å². The van der Waals surface area contributed by atoms with Gasteiger partial charge in [0.1, 0.15) is 5.65 Å². The van der Waals surface area contributed by atoms with Crippen LogP contribution in [0.5, 0.6) is 0 Å². The van der Waals surface area contributed by atoms with E-state index in [1.54, 1.807) is 0 Å². The van der Waals surface area contributed by atoms with Gasteiger partial charge in [-0.25, -0.2) is 31.8 Å². The number of alkyl halides is 2. The van der Waals surface area contributed by atoms with E-state index in [1.165, 1.54) is 6.92 Å². The van der Waals surface area contributed by atoms with Gasteiger partial charge < -0.3 is 9.84 Å². The molecule has 1 N–H and O–H groups in total. The standard InChI is InChI=1S/C13H12F2N2O6S/c1-3-24(21,22)10-9(11(18)23-12(19)20)16-8-5-4-7(6-17(8)10)13(2,14)15/h4-6H,3H2,1-2H3,(H,19,20). The highest BCUT2D eigenvalue weighted by molar-refractivity contribution is 7.91. The van der Waals surface area contributed by atoms with Crippen molar-refractivity contribution < 1.29 is 36.6 Å². The van der Waals surface area contributed by atoms with Crippen molar-refractivity contribution >= 4 is 27.6 Å². The number of ether oxygens (including phenoxy) is 1. The highest BCUT2D eigenvalue weighted by Gasteiger charge is 2.32. The lowest BCUT2D eigenvalue weighted by molar-refractivity contribution is 0.0170. The average Bonchev–Trinajstić information content (AvgIpc) is 2.84. The van der Waals surface area contributed by atoms with Crippen molar-refractivity contribution in [3.05, 3.63) is 29.6 Å². The molecule has 8 nitrogen and oxygen atoms in total. The number of carboxylic acid groups (broad SMARTS) is 1. The van der Waals surface area contributed by atoms with Crippen molar-refractivity contribution in [1.29, 1.82) is 0 Å². The molecule has 0 radical (unpaired) electrons. The predicted octanol–water partition coefficient (Wildman–Crippen LogP) is 2.07. The summed E-state index contributed by atoms with van der Waals surface area (Å²) in [7, 11) is -4.09. The largest absolute Gasteiger partial charge is 0.513 e. The van der Waals surface area contributed by atoms with E-state index in [0.717, 1.165) is 22.7 Å². The Balaban J connectivity index is 2.82. The lowest BCUT2D eigenvalue weighted by Crippen LogP contribution is -2.17. The Morgan fingerprint density at radius 3 is 2.50 bits per heavy atom. The van der Waals surface area contributed by atoms with Crippen molar-refractivity contribution in [2.24, 2.45) is 0 Å². The number of nitrogens with zero attached hydrogens (tertiary/aromatic N) is 2. The Hall–Kier alpha value is -2.56. The molecule has 2 rings (SSSR count). The number of carbonyl (C=O) groups is 2. The van der Waals surface area contributed by atoms with Crippen LogP contribution in [0.1, 0.15) is 29.9 Å². The Kier molecular flexibility index (Phi) is 4.31. The molecule has 0 unspecified atom stereocenters. The van der Waals surface area contributed by atoms with Gasteiger partial charge in [0.2, 0.25) is 0 Å². The molecule has 0 aliphatic carbocycles. The normalized spacial score (nSPS) is 12.3. The van der Waals surface area contributed by atoms with Crippen LogP contribution < -0.4 is 0 Å². The molecular formula is C13H12F2N2O6S. The first-order chi connectivity index (χ1) is 11.0. The highest BCUT2D eigenvalue weighted by atomic mass is 32.2. The van der Waals surface area contributed by atoms with Gasteiger partial charge in [-0.2, -0.15) is 0 Å². The summed E-state index contributed by atoms with van der Waals surface area (Å²) in [5.74, 6) is -5.23. The molecule has 2 aromatic rings. The number of hydrogen-bond acceptors (Lipinski definition) is 6. The Bertz CT molecular complexity index is 930. The maximum atomic E-state index is 13.5. The van der Waals surface area contributed by atoms with Crippen LogP contribution in [0, 0.1) is 0 Å². The molecule has 0 spiro atoms. The minimum absolute atomic E-state index is 0.118. The zero-order chi connectivity index (χ0) is 18.3. The first-order valence-corrected chi connectivity index (χ1v) is 8.21. The van der Waals surface area contributed by atoms with Crippen LogP contribution >= 0.6 is 0 Å². The summed E-state index contributed by atoms with van der Waals surface area (Å²) in [6.45, 7) is 1.90. The molecule has 0 aliphatic heterocycles. The van der Waals surface area contributed by atoms with Gasteiger partial charge in [-0.3, -0.25) is 4.40 Å². The van der Waals surface area contributed by atoms with Gasteiger partial charge in [0.15, 0.2) is 20.6 Å². The van der Waals surface area contributed by atoms with Gasteiger partial charge >= 0.3 is 12.1 Å². The summed E-state index contributed by atoms with van der Waals surface area (Å²) in [6.07, 6.45) is -1.11. The number of carbonyl (C=O) groups excluding carboxylic acids is 1. The average molecular weight is 362 g/mol. The molecule has 24 heavy (non-hydrogen) atoms. The van der Waals surface area contributed by atoms with Crippen LogP contribution in [0.15, 0.2) is 23.4 Å². The van der Waals surface area contributed by atoms with Crippen LogP contribution in [-0.2, 0) is 20.5 Å². The summed E-state index contributed by atoms with van der Waals surface area (Å²) >= 11 is 0. The molecule has 0 amide bonds. The van der Waals surface area contributed by atoms with Crippen LogP contribution in [0.4, 0.5) is 13.6 Å². The lowest BCUT2D eigenvalue weighted by atomic mass is 10.2. The summed E-state index contributed by atoms with van der Waals surface area (Å²) < 4.78 is 56.2. The van der Waals surface area contributed by atoms with E-state index in [-0.39, 0.29) is 5.65 Å².